The van der Waals surface area contributed by atoms with Crippen molar-refractivity contribution in [3.63, 3.8) is 0 Å². The summed E-state index contributed by atoms with van der Waals surface area (Å²) in [4.78, 5) is 36.2. The summed E-state index contributed by atoms with van der Waals surface area (Å²) in [5.74, 6) is 1.16. The number of rotatable bonds is 11. The van der Waals surface area contributed by atoms with Gasteiger partial charge in [-0.25, -0.2) is 0 Å². The van der Waals surface area contributed by atoms with Gasteiger partial charge in [0.25, 0.3) is 5.69 Å². The van der Waals surface area contributed by atoms with Crippen molar-refractivity contribution in [2.24, 2.45) is 0 Å². The lowest BCUT2D eigenvalue weighted by Crippen LogP contribution is -2.17. The third kappa shape index (κ3) is 6.88. The molecule has 0 bridgehead atoms. The standard InChI is InChI=1S/C26H27N3O8/c1-34-21-9-5-16(11-23(21)36-3)13-25(30)27-18-7-8-20(29(32)33)19(15-18)28-26(31)14-17-6-10-22(35-2)24(12-17)37-4/h5-12,15H,13-14H2,1-4H3,(H,27,30)(H,28,31). The molecular formula is C26H27N3O8. The first kappa shape index (κ1) is 26.8. The zero-order valence-electron chi connectivity index (χ0n) is 20.8. The third-order valence-electron chi connectivity index (χ3n) is 5.38. The molecule has 2 N–H and O–H groups in total. The predicted octanol–water partition coefficient (Wildman–Crippen LogP) is 3.99. The minimum atomic E-state index is -0.610. The second-order valence-electron chi connectivity index (χ2n) is 7.82. The van der Waals surface area contributed by atoms with Crippen molar-refractivity contribution in [2.45, 2.75) is 12.8 Å². The fourth-order valence-corrected chi connectivity index (χ4v) is 3.62. The fourth-order valence-electron chi connectivity index (χ4n) is 3.62. The molecule has 37 heavy (non-hydrogen) atoms. The topological polar surface area (TPSA) is 138 Å². The van der Waals surface area contributed by atoms with Gasteiger partial charge in [-0.15, -0.1) is 0 Å². The molecule has 11 heteroatoms. The number of anilines is 2. The summed E-state index contributed by atoms with van der Waals surface area (Å²) in [5.41, 5.74) is 1.24. The van der Waals surface area contributed by atoms with Crippen molar-refractivity contribution in [2.75, 3.05) is 39.1 Å². The lowest BCUT2D eigenvalue weighted by atomic mass is 10.1. The second-order valence-corrected chi connectivity index (χ2v) is 7.82. The Labute approximate surface area is 213 Å². The Balaban J connectivity index is 1.73. The van der Waals surface area contributed by atoms with E-state index in [1.165, 1.54) is 46.6 Å². The summed E-state index contributed by atoms with van der Waals surface area (Å²) in [6.07, 6.45) is -0.0360. The number of nitro benzene ring substituents is 1. The molecule has 0 heterocycles. The molecule has 0 atom stereocenters. The Kier molecular flexibility index (Phi) is 8.87. The van der Waals surface area contributed by atoms with Gasteiger partial charge < -0.3 is 29.6 Å². The Morgan fingerprint density at radius 2 is 1.19 bits per heavy atom. The molecule has 3 aromatic carbocycles. The summed E-state index contributed by atoms with van der Waals surface area (Å²) in [6, 6.07) is 14.1. The molecule has 0 aromatic heterocycles. The number of nitrogens with one attached hydrogen (secondary N) is 2. The highest BCUT2D eigenvalue weighted by Gasteiger charge is 2.18. The van der Waals surface area contributed by atoms with Crippen LogP contribution in [0.5, 0.6) is 23.0 Å². The summed E-state index contributed by atoms with van der Waals surface area (Å²) < 4.78 is 20.9. The lowest BCUT2D eigenvalue weighted by molar-refractivity contribution is -0.383. The summed E-state index contributed by atoms with van der Waals surface area (Å²) >= 11 is 0. The molecule has 0 aliphatic carbocycles. The van der Waals surface area contributed by atoms with Crippen LogP contribution in [0.3, 0.4) is 0 Å². The van der Waals surface area contributed by atoms with E-state index < -0.39 is 10.8 Å². The van der Waals surface area contributed by atoms with Gasteiger partial charge in [0, 0.05) is 11.8 Å². The van der Waals surface area contributed by atoms with Crippen LogP contribution >= 0.6 is 0 Å². The number of ether oxygens (including phenoxy) is 4. The Hall–Kier alpha value is -4.80. The number of hydrogen-bond donors (Lipinski definition) is 2. The monoisotopic (exact) mass is 509 g/mol. The quantitative estimate of drug-likeness (QED) is 0.292. The smallest absolute Gasteiger partial charge is 0.292 e. The van der Waals surface area contributed by atoms with Gasteiger partial charge in [-0.2, -0.15) is 0 Å². The van der Waals surface area contributed by atoms with Gasteiger partial charge in [0.1, 0.15) is 5.69 Å². The molecule has 0 aliphatic rings. The highest BCUT2D eigenvalue weighted by molar-refractivity contribution is 5.97. The number of amides is 2. The van der Waals surface area contributed by atoms with Gasteiger partial charge in [0.05, 0.1) is 46.2 Å². The highest BCUT2D eigenvalue weighted by Crippen LogP contribution is 2.31. The van der Waals surface area contributed by atoms with Crippen LogP contribution in [0.15, 0.2) is 54.6 Å². The van der Waals surface area contributed by atoms with E-state index in [1.54, 1.807) is 36.4 Å². The van der Waals surface area contributed by atoms with E-state index in [4.69, 9.17) is 18.9 Å². The maximum absolute atomic E-state index is 12.7. The van der Waals surface area contributed by atoms with Crippen LogP contribution in [0.4, 0.5) is 17.1 Å². The van der Waals surface area contributed by atoms with E-state index in [0.717, 1.165) is 0 Å². The zero-order valence-corrected chi connectivity index (χ0v) is 20.8. The first-order chi connectivity index (χ1) is 17.8. The maximum Gasteiger partial charge on any atom is 0.292 e. The summed E-state index contributed by atoms with van der Waals surface area (Å²) in [5, 5.41) is 16.8. The van der Waals surface area contributed by atoms with Crippen molar-refractivity contribution >= 4 is 28.9 Å². The first-order valence-corrected chi connectivity index (χ1v) is 11.1. The molecule has 11 nitrogen and oxygen atoms in total. The average molecular weight is 510 g/mol. The summed E-state index contributed by atoms with van der Waals surface area (Å²) in [6.45, 7) is 0. The molecule has 3 rings (SSSR count). The van der Waals surface area contributed by atoms with E-state index >= 15 is 0 Å². The lowest BCUT2D eigenvalue weighted by Gasteiger charge is -2.12. The Bertz CT molecular complexity index is 1310. The Morgan fingerprint density at radius 1 is 0.703 bits per heavy atom. The molecule has 0 fully saturated rings. The van der Waals surface area contributed by atoms with Crippen molar-refractivity contribution in [3.8, 4) is 23.0 Å². The number of methoxy groups -OCH3 is 4. The SMILES string of the molecule is COc1ccc(CC(=O)Nc2ccc([N+](=O)[O-])c(NC(=O)Cc3ccc(OC)c(OC)c3)c2)cc1OC. The van der Waals surface area contributed by atoms with Crippen LogP contribution in [-0.4, -0.2) is 45.2 Å². The molecule has 0 spiro atoms. The van der Waals surface area contributed by atoms with Crippen LogP contribution < -0.4 is 29.6 Å². The third-order valence-corrected chi connectivity index (χ3v) is 5.38. The average Bonchev–Trinajstić information content (AvgIpc) is 2.88. The minimum Gasteiger partial charge on any atom is -0.493 e. The van der Waals surface area contributed by atoms with Crippen molar-refractivity contribution in [1.29, 1.82) is 0 Å². The van der Waals surface area contributed by atoms with Crippen LogP contribution in [0.2, 0.25) is 0 Å². The summed E-state index contributed by atoms with van der Waals surface area (Å²) in [7, 11) is 6.00. The van der Waals surface area contributed by atoms with Gasteiger partial charge in [-0.3, -0.25) is 19.7 Å². The number of carbonyl (C=O) groups excluding carboxylic acids is 2. The van der Waals surface area contributed by atoms with E-state index in [1.807, 2.05) is 0 Å². The fraction of sp³-hybridized carbons (Fsp3) is 0.231. The highest BCUT2D eigenvalue weighted by atomic mass is 16.6. The number of nitro groups is 1. The maximum atomic E-state index is 12.7. The van der Waals surface area contributed by atoms with Crippen molar-refractivity contribution in [3.05, 3.63) is 75.8 Å². The molecule has 0 saturated heterocycles. The van der Waals surface area contributed by atoms with Gasteiger partial charge in [0.15, 0.2) is 23.0 Å². The molecule has 3 aromatic rings. The first-order valence-electron chi connectivity index (χ1n) is 11.1. The number of benzene rings is 3. The van der Waals surface area contributed by atoms with E-state index in [2.05, 4.69) is 10.6 Å². The van der Waals surface area contributed by atoms with Gasteiger partial charge in [-0.05, 0) is 47.5 Å². The normalized spacial score (nSPS) is 10.3. The molecule has 0 radical (unpaired) electrons. The molecular weight excluding hydrogens is 482 g/mol. The molecule has 0 saturated carbocycles. The molecule has 2 amide bonds. The second kappa shape index (κ2) is 12.2. The van der Waals surface area contributed by atoms with Gasteiger partial charge in [-0.1, -0.05) is 12.1 Å². The predicted molar refractivity (Wildman–Crippen MR) is 137 cm³/mol. The van der Waals surface area contributed by atoms with Crippen LogP contribution in [0.1, 0.15) is 11.1 Å². The number of nitrogens with zero attached hydrogens (tertiary/aromatic N) is 1. The van der Waals surface area contributed by atoms with E-state index in [9.17, 15) is 19.7 Å². The zero-order chi connectivity index (χ0) is 26.9. The van der Waals surface area contributed by atoms with Gasteiger partial charge >= 0.3 is 0 Å². The molecule has 0 aliphatic heterocycles. The minimum absolute atomic E-state index is 0.0261. The van der Waals surface area contributed by atoms with Crippen LogP contribution in [0.25, 0.3) is 0 Å². The largest absolute Gasteiger partial charge is 0.493 e. The van der Waals surface area contributed by atoms with Crippen LogP contribution in [0, 0.1) is 10.1 Å². The van der Waals surface area contributed by atoms with E-state index in [-0.39, 0.29) is 35.8 Å². The number of hydrogen-bond acceptors (Lipinski definition) is 8. The Morgan fingerprint density at radius 3 is 1.65 bits per heavy atom. The van der Waals surface area contributed by atoms with Crippen LogP contribution in [-0.2, 0) is 22.4 Å². The molecule has 194 valence electrons. The van der Waals surface area contributed by atoms with Crippen molar-refractivity contribution in [1.82, 2.24) is 0 Å². The molecule has 0 unspecified atom stereocenters. The van der Waals surface area contributed by atoms with Gasteiger partial charge in [0.2, 0.25) is 11.8 Å². The van der Waals surface area contributed by atoms with E-state index in [0.29, 0.717) is 34.1 Å². The number of carbonyl (C=O) groups is 2. The van der Waals surface area contributed by atoms with Crippen molar-refractivity contribution < 1.29 is 33.5 Å².